The minimum atomic E-state index is -0.245. The van der Waals surface area contributed by atoms with Gasteiger partial charge in [-0.25, -0.2) is 0 Å². The van der Waals surface area contributed by atoms with Crippen LogP contribution in [0, 0.1) is 0 Å². The third kappa shape index (κ3) is 4.66. The molecule has 0 saturated heterocycles. The van der Waals surface area contributed by atoms with Crippen molar-refractivity contribution in [1.29, 1.82) is 0 Å². The Balaban J connectivity index is 2.05. The second-order valence-corrected chi connectivity index (χ2v) is 7.31. The van der Waals surface area contributed by atoms with Crippen LogP contribution in [0.15, 0.2) is 51.8 Å². The summed E-state index contributed by atoms with van der Waals surface area (Å²) in [7, 11) is 1.55. The zero-order valence-electron chi connectivity index (χ0n) is 12.1. The summed E-state index contributed by atoms with van der Waals surface area (Å²) in [5.74, 6) is 0.479. The highest BCUT2D eigenvalue weighted by molar-refractivity contribution is 9.10. The summed E-state index contributed by atoms with van der Waals surface area (Å²) >= 11 is 10.8. The van der Waals surface area contributed by atoms with Crippen molar-refractivity contribution in [3.8, 4) is 5.75 Å². The number of rotatable bonds is 5. The number of halogens is 2. The van der Waals surface area contributed by atoms with E-state index in [9.17, 15) is 4.79 Å². The van der Waals surface area contributed by atoms with E-state index in [4.69, 9.17) is 16.3 Å². The maximum atomic E-state index is 12.3. The average Bonchev–Trinajstić information content (AvgIpc) is 2.49. The van der Waals surface area contributed by atoms with E-state index in [0.717, 1.165) is 9.37 Å². The molecule has 0 aliphatic heterocycles. The first-order chi connectivity index (χ1) is 10.5. The fraction of sp³-hybridized carbons (Fsp3) is 0.188. The summed E-state index contributed by atoms with van der Waals surface area (Å²) in [6, 6.07) is 13.0. The van der Waals surface area contributed by atoms with Gasteiger partial charge >= 0.3 is 0 Å². The highest BCUT2D eigenvalue weighted by atomic mass is 79.9. The number of benzene rings is 2. The number of hydrogen-bond donors (Lipinski definition) is 1. The van der Waals surface area contributed by atoms with Crippen molar-refractivity contribution in [2.24, 2.45) is 0 Å². The predicted octanol–water partition coefficient (Wildman–Crippen LogP) is 5.23. The Morgan fingerprint density at radius 1 is 1.27 bits per heavy atom. The third-order valence-corrected chi connectivity index (χ3v) is 4.79. The van der Waals surface area contributed by atoms with Crippen LogP contribution in [0.25, 0.3) is 0 Å². The number of ether oxygens (including phenoxy) is 1. The zero-order chi connectivity index (χ0) is 16.1. The van der Waals surface area contributed by atoms with Crippen molar-refractivity contribution in [3.05, 3.63) is 52.0 Å². The Morgan fingerprint density at radius 3 is 2.59 bits per heavy atom. The molecule has 0 radical (unpaired) electrons. The van der Waals surface area contributed by atoms with Gasteiger partial charge in [0, 0.05) is 14.4 Å². The monoisotopic (exact) mass is 399 g/mol. The van der Waals surface area contributed by atoms with Crippen LogP contribution < -0.4 is 10.1 Å². The van der Waals surface area contributed by atoms with Crippen LogP contribution in [0.3, 0.4) is 0 Å². The fourth-order valence-corrected chi connectivity index (χ4v) is 3.09. The van der Waals surface area contributed by atoms with Crippen LogP contribution in [0.1, 0.15) is 6.92 Å². The average molecular weight is 401 g/mol. The predicted molar refractivity (Wildman–Crippen MR) is 96.1 cm³/mol. The molecule has 0 saturated carbocycles. The first kappa shape index (κ1) is 17.2. The summed E-state index contributed by atoms with van der Waals surface area (Å²) < 4.78 is 6.24. The van der Waals surface area contributed by atoms with Crippen molar-refractivity contribution in [3.63, 3.8) is 0 Å². The number of nitrogens with one attached hydrogen (secondary N) is 1. The standard InChI is InChI=1S/C16H15BrClNO2S/c1-10(22-13-6-3-11(17)4-7-13)16(20)19-14-9-12(18)5-8-15(14)21-2/h3-10H,1-2H3,(H,19,20)/t10-/m1/s1. The molecule has 3 nitrogen and oxygen atoms in total. The molecule has 1 N–H and O–H groups in total. The van der Waals surface area contributed by atoms with E-state index in [0.29, 0.717) is 16.5 Å². The largest absolute Gasteiger partial charge is 0.495 e. The number of thioether (sulfide) groups is 1. The minimum absolute atomic E-state index is 0.103. The van der Waals surface area contributed by atoms with Gasteiger partial charge in [-0.3, -0.25) is 4.79 Å². The Kier molecular flexibility index (Phi) is 6.17. The molecule has 2 aromatic rings. The van der Waals surface area contributed by atoms with Crippen LogP contribution in [0.4, 0.5) is 5.69 Å². The summed E-state index contributed by atoms with van der Waals surface area (Å²) in [5, 5.41) is 3.16. The molecular weight excluding hydrogens is 386 g/mol. The SMILES string of the molecule is COc1ccc(Cl)cc1NC(=O)[C@@H](C)Sc1ccc(Br)cc1. The van der Waals surface area contributed by atoms with Gasteiger partial charge in [-0.05, 0) is 49.4 Å². The Morgan fingerprint density at radius 2 is 1.95 bits per heavy atom. The molecule has 6 heteroatoms. The van der Waals surface area contributed by atoms with E-state index in [2.05, 4.69) is 21.2 Å². The number of carbonyl (C=O) groups excluding carboxylic acids is 1. The van der Waals surface area contributed by atoms with Crippen molar-refractivity contribution in [1.82, 2.24) is 0 Å². The lowest BCUT2D eigenvalue weighted by molar-refractivity contribution is -0.115. The molecule has 1 atom stereocenters. The van der Waals surface area contributed by atoms with Crippen molar-refractivity contribution in [2.75, 3.05) is 12.4 Å². The van der Waals surface area contributed by atoms with E-state index >= 15 is 0 Å². The van der Waals surface area contributed by atoms with Crippen molar-refractivity contribution in [2.45, 2.75) is 17.1 Å². The normalized spacial score (nSPS) is 11.8. The van der Waals surface area contributed by atoms with E-state index in [1.54, 1.807) is 25.3 Å². The zero-order valence-corrected chi connectivity index (χ0v) is 15.3. The van der Waals surface area contributed by atoms with Gasteiger partial charge in [-0.1, -0.05) is 27.5 Å². The van der Waals surface area contributed by atoms with Gasteiger partial charge in [0.1, 0.15) is 5.75 Å². The first-order valence-corrected chi connectivity index (χ1v) is 8.61. The second kappa shape index (κ2) is 7.90. The summed E-state index contributed by atoms with van der Waals surface area (Å²) in [6.45, 7) is 1.86. The molecule has 1 amide bonds. The van der Waals surface area contributed by atoms with Crippen LogP contribution in [0.2, 0.25) is 5.02 Å². The Labute approximate surface area is 147 Å². The lowest BCUT2D eigenvalue weighted by Crippen LogP contribution is -2.22. The molecule has 0 fully saturated rings. The fourth-order valence-electron chi connectivity index (χ4n) is 1.78. The maximum absolute atomic E-state index is 12.3. The molecule has 0 aliphatic rings. The second-order valence-electron chi connectivity index (χ2n) is 4.55. The topological polar surface area (TPSA) is 38.3 Å². The van der Waals surface area contributed by atoms with Gasteiger partial charge in [0.15, 0.2) is 0 Å². The smallest absolute Gasteiger partial charge is 0.237 e. The van der Waals surface area contributed by atoms with Crippen LogP contribution >= 0.6 is 39.3 Å². The molecule has 116 valence electrons. The highest BCUT2D eigenvalue weighted by Crippen LogP contribution is 2.30. The van der Waals surface area contributed by atoms with E-state index in [-0.39, 0.29) is 11.2 Å². The Hall–Kier alpha value is -1.17. The number of hydrogen-bond acceptors (Lipinski definition) is 3. The molecule has 0 aromatic heterocycles. The van der Waals surface area contributed by atoms with Gasteiger partial charge in [0.05, 0.1) is 18.0 Å². The van der Waals surface area contributed by atoms with Gasteiger partial charge < -0.3 is 10.1 Å². The summed E-state index contributed by atoms with van der Waals surface area (Å²) in [6.07, 6.45) is 0. The molecule has 0 unspecified atom stereocenters. The summed E-state index contributed by atoms with van der Waals surface area (Å²) in [4.78, 5) is 13.4. The molecule has 2 aromatic carbocycles. The molecule has 2 rings (SSSR count). The van der Waals surface area contributed by atoms with Crippen LogP contribution in [-0.4, -0.2) is 18.3 Å². The number of carbonyl (C=O) groups is 1. The number of amides is 1. The third-order valence-electron chi connectivity index (χ3n) is 2.92. The lowest BCUT2D eigenvalue weighted by Gasteiger charge is -2.14. The quantitative estimate of drug-likeness (QED) is 0.698. The summed E-state index contributed by atoms with van der Waals surface area (Å²) in [5.41, 5.74) is 0.572. The van der Waals surface area contributed by atoms with E-state index < -0.39 is 0 Å². The van der Waals surface area contributed by atoms with Gasteiger partial charge in [0.2, 0.25) is 5.91 Å². The van der Waals surface area contributed by atoms with Crippen LogP contribution in [-0.2, 0) is 4.79 Å². The van der Waals surface area contributed by atoms with Crippen molar-refractivity contribution < 1.29 is 9.53 Å². The van der Waals surface area contributed by atoms with E-state index in [1.165, 1.54) is 11.8 Å². The highest BCUT2D eigenvalue weighted by Gasteiger charge is 2.16. The maximum Gasteiger partial charge on any atom is 0.237 e. The van der Waals surface area contributed by atoms with Crippen molar-refractivity contribution >= 4 is 50.9 Å². The number of methoxy groups -OCH3 is 1. The Bertz CT molecular complexity index is 664. The first-order valence-electron chi connectivity index (χ1n) is 6.56. The molecular formula is C16H15BrClNO2S. The molecule has 0 spiro atoms. The van der Waals surface area contributed by atoms with Gasteiger partial charge in [0.25, 0.3) is 0 Å². The molecule has 0 aliphatic carbocycles. The molecule has 0 bridgehead atoms. The molecule has 0 heterocycles. The van der Waals surface area contributed by atoms with E-state index in [1.807, 2.05) is 31.2 Å². The lowest BCUT2D eigenvalue weighted by atomic mass is 10.3. The van der Waals surface area contributed by atoms with Gasteiger partial charge in [-0.2, -0.15) is 0 Å². The van der Waals surface area contributed by atoms with Gasteiger partial charge in [-0.15, -0.1) is 11.8 Å². The number of anilines is 1. The molecule has 22 heavy (non-hydrogen) atoms. The van der Waals surface area contributed by atoms with Crippen LogP contribution in [0.5, 0.6) is 5.75 Å². The minimum Gasteiger partial charge on any atom is -0.495 e.